The summed E-state index contributed by atoms with van der Waals surface area (Å²) in [7, 11) is 0. The summed E-state index contributed by atoms with van der Waals surface area (Å²) in [6.45, 7) is 5.32. The fourth-order valence-corrected chi connectivity index (χ4v) is 1.48. The Morgan fingerprint density at radius 3 is 2.65 bits per heavy atom. The maximum absolute atomic E-state index is 5.63. The molecule has 0 aliphatic heterocycles. The highest BCUT2D eigenvalue weighted by Crippen LogP contribution is 2.07. The van der Waals surface area contributed by atoms with Crippen LogP contribution in [0.15, 0.2) is 0 Å². The summed E-state index contributed by atoms with van der Waals surface area (Å²) in [5.41, 5.74) is 6.46. The first-order valence-electron chi connectivity index (χ1n) is 5.63. The molecule has 0 saturated heterocycles. The van der Waals surface area contributed by atoms with E-state index in [1.165, 1.54) is 0 Å². The minimum atomic E-state index is 0.442. The summed E-state index contributed by atoms with van der Waals surface area (Å²) in [6, 6.07) is 0. The lowest BCUT2D eigenvalue weighted by molar-refractivity contribution is 0.508. The maximum atomic E-state index is 5.63. The van der Waals surface area contributed by atoms with Crippen molar-refractivity contribution < 1.29 is 0 Å². The zero-order valence-corrected chi connectivity index (χ0v) is 10.0. The summed E-state index contributed by atoms with van der Waals surface area (Å²) in [5, 5.41) is 19.4. The topological polar surface area (TPSA) is 100 Å². The molecule has 0 unspecified atom stereocenters. The van der Waals surface area contributed by atoms with Crippen LogP contribution >= 0.6 is 0 Å². The average Bonchev–Trinajstić information content (AvgIpc) is 2.89. The fraction of sp³-hybridized carbons (Fsp3) is 0.667. The van der Waals surface area contributed by atoms with Gasteiger partial charge in [0.1, 0.15) is 6.54 Å². The van der Waals surface area contributed by atoms with Gasteiger partial charge in [0.2, 0.25) is 0 Å². The highest BCUT2D eigenvalue weighted by molar-refractivity contribution is 5.31. The molecule has 0 bridgehead atoms. The molecule has 8 nitrogen and oxygen atoms in total. The third kappa shape index (κ3) is 2.40. The summed E-state index contributed by atoms with van der Waals surface area (Å²) in [6.07, 6.45) is 2.16. The Labute approximate surface area is 98.8 Å². The number of rotatable bonds is 5. The second kappa shape index (κ2) is 4.89. The Hall–Kier alpha value is -1.99. The number of tetrazole rings is 1. The van der Waals surface area contributed by atoms with Crippen LogP contribution in [0, 0.1) is 6.92 Å². The zero-order valence-electron chi connectivity index (χ0n) is 10.0. The van der Waals surface area contributed by atoms with Crippen molar-refractivity contribution in [3.8, 4) is 0 Å². The van der Waals surface area contributed by atoms with Crippen LogP contribution in [0.3, 0.4) is 0 Å². The molecule has 0 fully saturated rings. The lowest BCUT2D eigenvalue weighted by Crippen LogP contribution is -2.12. The van der Waals surface area contributed by atoms with Crippen molar-refractivity contribution >= 4 is 5.82 Å². The molecule has 0 aliphatic carbocycles. The molecular weight excluding hydrogens is 220 g/mol. The van der Waals surface area contributed by atoms with Crippen molar-refractivity contribution in [2.24, 2.45) is 0 Å². The van der Waals surface area contributed by atoms with E-state index >= 15 is 0 Å². The predicted molar refractivity (Wildman–Crippen MR) is 61.0 cm³/mol. The Balaban J connectivity index is 2.13. The Morgan fingerprint density at radius 2 is 2.00 bits per heavy atom. The Bertz CT molecular complexity index is 485. The van der Waals surface area contributed by atoms with Gasteiger partial charge in [-0.15, -0.1) is 10.2 Å². The van der Waals surface area contributed by atoms with Crippen LogP contribution in [0.4, 0.5) is 5.82 Å². The summed E-state index contributed by atoms with van der Waals surface area (Å²) < 4.78 is 3.49. The van der Waals surface area contributed by atoms with Gasteiger partial charge in [0, 0.05) is 6.54 Å². The minimum Gasteiger partial charge on any atom is -0.381 e. The number of aryl methyl sites for hydroxylation is 1. The molecule has 2 rings (SSSR count). The molecule has 0 atom stereocenters. The Morgan fingerprint density at radius 1 is 1.18 bits per heavy atom. The van der Waals surface area contributed by atoms with E-state index in [1.807, 2.05) is 6.92 Å². The summed E-state index contributed by atoms with van der Waals surface area (Å²) in [4.78, 5) is 0. The van der Waals surface area contributed by atoms with Crippen molar-refractivity contribution in [3.05, 3.63) is 11.5 Å². The molecular formula is C9H16N8. The molecule has 2 N–H and O–H groups in total. The van der Waals surface area contributed by atoms with Gasteiger partial charge in [0.05, 0.1) is 5.69 Å². The van der Waals surface area contributed by atoms with Gasteiger partial charge >= 0.3 is 0 Å². The third-order valence-corrected chi connectivity index (χ3v) is 2.64. The van der Waals surface area contributed by atoms with Crippen molar-refractivity contribution in [2.45, 2.75) is 39.8 Å². The molecule has 0 amide bonds. The van der Waals surface area contributed by atoms with Gasteiger partial charge < -0.3 is 5.73 Å². The largest absolute Gasteiger partial charge is 0.381 e. The monoisotopic (exact) mass is 236 g/mol. The van der Waals surface area contributed by atoms with Crippen LogP contribution in [0.25, 0.3) is 0 Å². The second-order valence-corrected chi connectivity index (χ2v) is 3.89. The first-order valence-corrected chi connectivity index (χ1v) is 5.63. The standard InChI is InChI=1S/C9H16N8/c1-3-4-5-16-8(11-13-15-16)6-17-7(2)9(10)12-14-17/h3-6,10H2,1-2H3. The summed E-state index contributed by atoms with van der Waals surface area (Å²) >= 11 is 0. The van der Waals surface area contributed by atoms with E-state index in [0.717, 1.165) is 30.9 Å². The molecule has 92 valence electrons. The van der Waals surface area contributed by atoms with Gasteiger partial charge in [-0.2, -0.15) is 0 Å². The second-order valence-electron chi connectivity index (χ2n) is 3.89. The van der Waals surface area contributed by atoms with Crippen LogP contribution in [-0.2, 0) is 13.1 Å². The zero-order chi connectivity index (χ0) is 12.3. The number of aromatic nitrogens is 7. The van der Waals surface area contributed by atoms with E-state index < -0.39 is 0 Å². The van der Waals surface area contributed by atoms with Gasteiger partial charge in [0.15, 0.2) is 11.6 Å². The molecule has 17 heavy (non-hydrogen) atoms. The smallest absolute Gasteiger partial charge is 0.172 e. The van der Waals surface area contributed by atoms with Gasteiger partial charge in [-0.1, -0.05) is 18.6 Å². The van der Waals surface area contributed by atoms with E-state index in [1.54, 1.807) is 9.36 Å². The molecule has 2 aromatic heterocycles. The quantitative estimate of drug-likeness (QED) is 0.784. The SMILES string of the molecule is CCCCn1nnnc1Cn1nnc(N)c1C. The van der Waals surface area contributed by atoms with E-state index in [9.17, 15) is 0 Å². The lowest BCUT2D eigenvalue weighted by Gasteiger charge is -2.04. The number of unbranched alkanes of at least 4 members (excludes halogenated alkanes) is 1. The van der Waals surface area contributed by atoms with Gasteiger partial charge in [-0.25, -0.2) is 9.36 Å². The number of nitrogens with two attached hydrogens (primary N) is 1. The first kappa shape index (κ1) is 11.5. The van der Waals surface area contributed by atoms with E-state index in [-0.39, 0.29) is 0 Å². The average molecular weight is 236 g/mol. The van der Waals surface area contributed by atoms with Crippen molar-refractivity contribution in [1.29, 1.82) is 0 Å². The van der Waals surface area contributed by atoms with Gasteiger partial charge in [0.25, 0.3) is 0 Å². The van der Waals surface area contributed by atoms with Crippen LogP contribution in [0.5, 0.6) is 0 Å². The van der Waals surface area contributed by atoms with Crippen LogP contribution in [-0.4, -0.2) is 35.2 Å². The Kier molecular flexibility index (Phi) is 3.31. The first-order chi connectivity index (χ1) is 8.22. The minimum absolute atomic E-state index is 0.442. The predicted octanol–water partition coefficient (Wildman–Crippen LogP) is 0.00362. The molecule has 2 heterocycles. The number of hydrogen-bond donors (Lipinski definition) is 1. The fourth-order valence-electron chi connectivity index (χ4n) is 1.48. The highest BCUT2D eigenvalue weighted by Gasteiger charge is 2.10. The highest BCUT2D eigenvalue weighted by atomic mass is 15.6. The van der Waals surface area contributed by atoms with Crippen LogP contribution in [0.1, 0.15) is 31.3 Å². The van der Waals surface area contributed by atoms with Crippen molar-refractivity contribution in [1.82, 2.24) is 35.2 Å². The number of anilines is 1. The molecule has 0 saturated carbocycles. The normalized spacial score (nSPS) is 10.9. The van der Waals surface area contributed by atoms with Crippen molar-refractivity contribution in [3.63, 3.8) is 0 Å². The number of hydrogen-bond acceptors (Lipinski definition) is 6. The molecule has 2 aromatic rings. The van der Waals surface area contributed by atoms with E-state index in [2.05, 4.69) is 32.8 Å². The van der Waals surface area contributed by atoms with Gasteiger partial charge in [-0.3, -0.25) is 0 Å². The summed E-state index contributed by atoms with van der Waals surface area (Å²) in [5.74, 6) is 1.21. The van der Waals surface area contributed by atoms with E-state index in [4.69, 9.17) is 5.73 Å². The molecule has 0 radical (unpaired) electrons. The molecule has 0 aliphatic rings. The number of nitrogen functional groups attached to an aromatic ring is 1. The maximum Gasteiger partial charge on any atom is 0.172 e. The number of nitrogens with zero attached hydrogens (tertiary/aromatic N) is 7. The molecule has 0 spiro atoms. The van der Waals surface area contributed by atoms with Gasteiger partial charge in [-0.05, 0) is 23.8 Å². The lowest BCUT2D eigenvalue weighted by atomic mass is 10.3. The van der Waals surface area contributed by atoms with Crippen LogP contribution < -0.4 is 5.73 Å². The third-order valence-electron chi connectivity index (χ3n) is 2.64. The van der Waals surface area contributed by atoms with E-state index in [0.29, 0.717) is 12.4 Å². The van der Waals surface area contributed by atoms with Crippen LogP contribution in [0.2, 0.25) is 0 Å². The molecule has 8 heteroatoms. The van der Waals surface area contributed by atoms with Crippen molar-refractivity contribution in [2.75, 3.05) is 5.73 Å². The molecule has 0 aromatic carbocycles.